The molecule has 0 aliphatic heterocycles. The third kappa shape index (κ3) is 9.82. The molecule has 11 heavy (non-hydrogen) atoms. The molecular formula is C8H16O2S. The fraction of sp³-hybridized carbons (Fsp3) is 0.875. The molecule has 0 fully saturated rings. The molecule has 0 aliphatic rings. The molecule has 0 atom stereocenters. The van der Waals surface area contributed by atoms with Gasteiger partial charge in [-0.2, -0.15) is 11.8 Å². The molecule has 0 aliphatic carbocycles. The molecule has 0 aromatic rings. The highest BCUT2D eigenvalue weighted by atomic mass is 32.2. The van der Waals surface area contributed by atoms with E-state index in [2.05, 4.69) is 13.8 Å². The van der Waals surface area contributed by atoms with Crippen molar-refractivity contribution in [2.45, 2.75) is 26.7 Å². The number of carbonyl (C=O) groups is 1. The molecule has 0 heterocycles. The van der Waals surface area contributed by atoms with Gasteiger partial charge in [0.25, 0.3) is 0 Å². The molecule has 0 rings (SSSR count). The Hall–Kier alpha value is -0.180. The average molecular weight is 176 g/mol. The summed E-state index contributed by atoms with van der Waals surface area (Å²) in [5, 5.41) is 8.30. The Labute approximate surface area is 72.4 Å². The van der Waals surface area contributed by atoms with E-state index in [0.29, 0.717) is 0 Å². The fourth-order valence-electron chi connectivity index (χ4n) is 0.753. The second kappa shape index (κ2) is 6.53. The second-order valence-electron chi connectivity index (χ2n) is 2.98. The summed E-state index contributed by atoms with van der Waals surface area (Å²) < 4.78 is 0. The third-order valence-electron chi connectivity index (χ3n) is 1.30. The van der Waals surface area contributed by atoms with Crippen LogP contribution in [-0.4, -0.2) is 22.6 Å². The number of thioether (sulfide) groups is 1. The minimum Gasteiger partial charge on any atom is -0.481 e. The van der Waals surface area contributed by atoms with Crippen LogP contribution in [0.4, 0.5) is 0 Å². The van der Waals surface area contributed by atoms with Crippen molar-refractivity contribution in [2.75, 3.05) is 11.5 Å². The van der Waals surface area contributed by atoms with Gasteiger partial charge in [0.1, 0.15) is 0 Å². The van der Waals surface area contributed by atoms with E-state index in [1.807, 2.05) is 0 Å². The molecule has 66 valence electrons. The summed E-state index contributed by atoms with van der Waals surface area (Å²) in [6.45, 7) is 4.36. The zero-order valence-corrected chi connectivity index (χ0v) is 7.99. The predicted molar refractivity (Wildman–Crippen MR) is 49.0 cm³/mol. The third-order valence-corrected chi connectivity index (χ3v) is 2.32. The maximum Gasteiger partial charge on any atom is 0.313 e. The van der Waals surface area contributed by atoms with E-state index in [4.69, 9.17) is 5.11 Å². The summed E-state index contributed by atoms with van der Waals surface area (Å²) in [6.07, 6.45) is 2.34. The van der Waals surface area contributed by atoms with Gasteiger partial charge in [0.05, 0.1) is 5.75 Å². The summed E-state index contributed by atoms with van der Waals surface area (Å²) in [5.41, 5.74) is 0. The number of carboxylic acid groups (broad SMARTS) is 1. The molecule has 1 N–H and O–H groups in total. The number of hydrogen-bond donors (Lipinski definition) is 1. The van der Waals surface area contributed by atoms with Gasteiger partial charge in [-0.3, -0.25) is 4.79 Å². The quantitative estimate of drug-likeness (QED) is 0.631. The van der Waals surface area contributed by atoms with Crippen molar-refractivity contribution in [2.24, 2.45) is 5.92 Å². The summed E-state index contributed by atoms with van der Waals surface area (Å²) in [6, 6.07) is 0. The largest absolute Gasteiger partial charge is 0.481 e. The molecule has 0 spiro atoms. The Morgan fingerprint density at radius 1 is 1.55 bits per heavy atom. The normalized spacial score (nSPS) is 10.5. The standard InChI is InChI=1S/C8H16O2S/c1-7(2)4-3-5-11-6-8(9)10/h7H,3-6H2,1-2H3,(H,9,10). The molecule has 0 unspecified atom stereocenters. The zero-order chi connectivity index (χ0) is 8.69. The molecule has 2 nitrogen and oxygen atoms in total. The number of carboxylic acids is 1. The lowest BCUT2D eigenvalue weighted by atomic mass is 10.1. The molecule has 0 aromatic carbocycles. The molecular weight excluding hydrogens is 160 g/mol. The van der Waals surface area contributed by atoms with Crippen LogP contribution in [0.5, 0.6) is 0 Å². The van der Waals surface area contributed by atoms with Gasteiger partial charge in [-0.15, -0.1) is 0 Å². The summed E-state index contributed by atoms with van der Waals surface area (Å²) in [5.74, 6) is 1.25. The molecule has 0 saturated heterocycles. The fourth-order valence-corrected chi connectivity index (χ4v) is 1.44. The first-order valence-electron chi connectivity index (χ1n) is 3.92. The lowest BCUT2D eigenvalue weighted by Gasteiger charge is -2.02. The lowest BCUT2D eigenvalue weighted by molar-refractivity contribution is -0.133. The van der Waals surface area contributed by atoms with E-state index in [9.17, 15) is 4.79 Å². The Kier molecular flexibility index (Phi) is 6.42. The highest BCUT2D eigenvalue weighted by molar-refractivity contribution is 7.99. The van der Waals surface area contributed by atoms with E-state index in [1.54, 1.807) is 0 Å². The minimum atomic E-state index is -0.709. The average Bonchev–Trinajstić information content (AvgIpc) is 1.85. The van der Waals surface area contributed by atoms with Gasteiger partial charge in [-0.25, -0.2) is 0 Å². The Morgan fingerprint density at radius 3 is 2.64 bits per heavy atom. The van der Waals surface area contributed by atoms with Crippen molar-refractivity contribution >= 4 is 17.7 Å². The van der Waals surface area contributed by atoms with Crippen LogP contribution in [0.2, 0.25) is 0 Å². The first-order valence-corrected chi connectivity index (χ1v) is 5.08. The number of rotatable bonds is 6. The van der Waals surface area contributed by atoms with E-state index in [0.717, 1.165) is 18.1 Å². The number of aliphatic carboxylic acids is 1. The zero-order valence-electron chi connectivity index (χ0n) is 7.17. The maximum atomic E-state index is 10.1. The van der Waals surface area contributed by atoms with Gasteiger partial charge in [-0.05, 0) is 18.1 Å². The molecule has 0 saturated carbocycles. The lowest BCUT2D eigenvalue weighted by Crippen LogP contribution is -1.99. The Bertz CT molecular complexity index is 113. The van der Waals surface area contributed by atoms with Crippen molar-refractivity contribution < 1.29 is 9.90 Å². The summed E-state index contributed by atoms with van der Waals surface area (Å²) in [7, 11) is 0. The smallest absolute Gasteiger partial charge is 0.313 e. The minimum absolute atomic E-state index is 0.248. The SMILES string of the molecule is CC(C)CCCSCC(=O)O. The Balaban J connectivity index is 2.97. The monoisotopic (exact) mass is 176 g/mol. The van der Waals surface area contributed by atoms with Crippen LogP contribution >= 0.6 is 11.8 Å². The summed E-state index contributed by atoms with van der Waals surface area (Å²) >= 11 is 1.50. The second-order valence-corrected chi connectivity index (χ2v) is 4.09. The van der Waals surface area contributed by atoms with Crippen LogP contribution in [-0.2, 0) is 4.79 Å². The van der Waals surface area contributed by atoms with Crippen LogP contribution in [0.15, 0.2) is 0 Å². The van der Waals surface area contributed by atoms with Gasteiger partial charge in [0, 0.05) is 0 Å². The van der Waals surface area contributed by atoms with E-state index in [-0.39, 0.29) is 5.75 Å². The number of hydrogen-bond acceptors (Lipinski definition) is 2. The topological polar surface area (TPSA) is 37.3 Å². The Morgan fingerprint density at radius 2 is 2.18 bits per heavy atom. The summed E-state index contributed by atoms with van der Waals surface area (Å²) in [4.78, 5) is 10.1. The van der Waals surface area contributed by atoms with Crippen molar-refractivity contribution in [1.29, 1.82) is 0 Å². The van der Waals surface area contributed by atoms with Crippen LogP contribution in [0.25, 0.3) is 0 Å². The first-order chi connectivity index (χ1) is 5.13. The molecule has 0 bridgehead atoms. The van der Waals surface area contributed by atoms with Gasteiger partial charge < -0.3 is 5.11 Å². The predicted octanol–water partition coefficient (Wildman–Crippen LogP) is 2.24. The molecule has 0 aromatic heterocycles. The van der Waals surface area contributed by atoms with E-state index < -0.39 is 5.97 Å². The van der Waals surface area contributed by atoms with E-state index in [1.165, 1.54) is 18.2 Å². The first kappa shape index (κ1) is 10.8. The van der Waals surface area contributed by atoms with Crippen LogP contribution in [0.1, 0.15) is 26.7 Å². The van der Waals surface area contributed by atoms with Crippen molar-refractivity contribution in [3.8, 4) is 0 Å². The highest BCUT2D eigenvalue weighted by Crippen LogP contribution is 2.08. The van der Waals surface area contributed by atoms with Crippen LogP contribution < -0.4 is 0 Å². The van der Waals surface area contributed by atoms with Gasteiger partial charge >= 0.3 is 5.97 Å². The maximum absolute atomic E-state index is 10.1. The van der Waals surface area contributed by atoms with Crippen molar-refractivity contribution in [3.05, 3.63) is 0 Å². The van der Waals surface area contributed by atoms with Crippen molar-refractivity contribution in [1.82, 2.24) is 0 Å². The van der Waals surface area contributed by atoms with Crippen LogP contribution in [0, 0.1) is 5.92 Å². The molecule has 0 radical (unpaired) electrons. The van der Waals surface area contributed by atoms with Gasteiger partial charge in [0.15, 0.2) is 0 Å². The highest BCUT2D eigenvalue weighted by Gasteiger charge is 1.97. The van der Waals surface area contributed by atoms with Crippen LogP contribution in [0.3, 0.4) is 0 Å². The van der Waals surface area contributed by atoms with Crippen molar-refractivity contribution in [3.63, 3.8) is 0 Å². The van der Waals surface area contributed by atoms with Gasteiger partial charge in [-0.1, -0.05) is 20.3 Å². The van der Waals surface area contributed by atoms with E-state index >= 15 is 0 Å². The molecule has 0 amide bonds. The van der Waals surface area contributed by atoms with Gasteiger partial charge in [0.2, 0.25) is 0 Å². The molecule has 3 heteroatoms.